The summed E-state index contributed by atoms with van der Waals surface area (Å²) in [4.78, 5) is 8.07. The van der Waals surface area contributed by atoms with Crippen molar-refractivity contribution in [3.8, 4) is 5.88 Å². The van der Waals surface area contributed by atoms with Crippen LogP contribution in [0.1, 0.15) is 17.5 Å². The molecule has 0 aliphatic carbocycles. The third-order valence-electron chi connectivity index (χ3n) is 2.30. The van der Waals surface area contributed by atoms with E-state index in [0.717, 1.165) is 11.5 Å². The third kappa shape index (κ3) is 3.04. The average Bonchev–Trinajstić information content (AvgIpc) is 2.76. The predicted molar refractivity (Wildman–Crippen MR) is 65.6 cm³/mol. The van der Waals surface area contributed by atoms with Gasteiger partial charge in [-0.3, -0.25) is 0 Å². The topological polar surface area (TPSA) is 74.2 Å². The molecule has 0 radical (unpaired) electrons. The Bertz CT molecular complexity index is 501. The highest BCUT2D eigenvalue weighted by Gasteiger charge is 2.12. The van der Waals surface area contributed by atoms with Crippen LogP contribution >= 0.6 is 15.9 Å². The molecule has 2 aromatic heterocycles. The van der Waals surface area contributed by atoms with Crippen molar-refractivity contribution in [2.45, 2.75) is 12.5 Å². The molecule has 0 fully saturated rings. The van der Waals surface area contributed by atoms with Crippen LogP contribution in [0.5, 0.6) is 5.88 Å². The number of aromatic nitrogens is 2. The molecule has 0 amide bonds. The minimum Gasteiger partial charge on any atom is -0.481 e. The third-order valence-corrected chi connectivity index (χ3v) is 2.72. The van der Waals surface area contributed by atoms with Gasteiger partial charge < -0.3 is 14.9 Å². The summed E-state index contributed by atoms with van der Waals surface area (Å²) in [7, 11) is 1.57. The van der Waals surface area contributed by atoms with E-state index in [0.29, 0.717) is 17.0 Å². The second-order valence-electron chi connectivity index (χ2n) is 3.50. The fourth-order valence-corrected chi connectivity index (χ4v) is 1.77. The molecule has 6 heteroatoms. The van der Waals surface area contributed by atoms with Crippen molar-refractivity contribution in [1.29, 1.82) is 0 Å². The molecular weight excluding hydrogens is 286 g/mol. The Morgan fingerprint density at radius 3 is 2.94 bits per heavy atom. The Hall–Kier alpha value is -1.40. The lowest BCUT2D eigenvalue weighted by Gasteiger charge is -2.08. The Labute approximate surface area is 107 Å². The molecule has 1 unspecified atom stereocenters. The molecule has 5 nitrogen and oxygen atoms in total. The molecule has 0 saturated heterocycles. The molecule has 0 aliphatic rings. The van der Waals surface area contributed by atoms with Crippen molar-refractivity contribution in [3.05, 3.63) is 40.7 Å². The minimum atomic E-state index is -0.235. The number of hydrogen-bond acceptors (Lipinski definition) is 5. The molecular formula is C11H12BrN3O2. The van der Waals surface area contributed by atoms with Crippen LogP contribution in [-0.4, -0.2) is 17.1 Å². The summed E-state index contributed by atoms with van der Waals surface area (Å²) in [6, 6.07) is 5.18. The second-order valence-corrected chi connectivity index (χ2v) is 4.29. The summed E-state index contributed by atoms with van der Waals surface area (Å²) in [6.07, 6.45) is 2.03. The molecule has 2 rings (SSSR count). The maximum atomic E-state index is 6.02. The fourth-order valence-electron chi connectivity index (χ4n) is 1.45. The van der Waals surface area contributed by atoms with Gasteiger partial charge in [0.05, 0.1) is 13.2 Å². The Morgan fingerprint density at radius 2 is 2.29 bits per heavy atom. The number of furan rings is 1. The van der Waals surface area contributed by atoms with E-state index in [1.54, 1.807) is 13.2 Å². The molecule has 17 heavy (non-hydrogen) atoms. The van der Waals surface area contributed by atoms with E-state index < -0.39 is 0 Å². The number of methoxy groups -OCH3 is 1. The van der Waals surface area contributed by atoms with E-state index in [-0.39, 0.29) is 6.04 Å². The first kappa shape index (κ1) is 12.1. The van der Waals surface area contributed by atoms with Crippen LogP contribution < -0.4 is 10.5 Å². The SMILES string of the molecule is COc1cc(CC(N)c2ccc(Br)o2)ncn1. The summed E-state index contributed by atoms with van der Waals surface area (Å²) in [5.41, 5.74) is 6.83. The molecule has 2 heterocycles. The Kier molecular flexibility index (Phi) is 3.75. The predicted octanol–water partition coefficient (Wildman–Crippen LogP) is 2.08. The van der Waals surface area contributed by atoms with E-state index in [4.69, 9.17) is 14.9 Å². The van der Waals surface area contributed by atoms with E-state index in [9.17, 15) is 0 Å². The zero-order valence-electron chi connectivity index (χ0n) is 9.26. The van der Waals surface area contributed by atoms with Gasteiger partial charge in [0.1, 0.15) is 12.1 Å². The van der Waals surface area contributed by atoms with Crippen LogP contribution in [-0.2, 0) is 6.42 Å². The largest absolute Gasteiger partial charge is 0.481 e. The lowest BCUT2D eigenvalue weighted by atomic mass is 10.1. The minimum absolute atomic E-state index is 0.235. The number of rotatable bonds is 4. The lowest BCUT2D eigenvalue weighted by molar-refractivity contribution is 0.395. The van der Waals surface area contributed by atoms with E-state index >= 15 is 0 Å². The van der Waals surface area contributed by atoms with Gasteiger partial charge in [-0.15, -0.1) is 0 Å². The van der Waals surface area contributed by atoms with E-state index in [2.05, 4.69) is 25.9 Å². The van der Waals surface area contributed by atoms with Gasteiger partial charge in [-0.1, -0.05) is 0 Å². The maximum Gasteiger partial charge on any atom is 0.216 e. The summed E-state index contributed by atoms with van der Waals surface area (Å²) in [5, 5.41) is 0. The van der Waals surface area contributed by atoms with Crippen LogP contribution in [0.3, 0.4) is 0 Å². The van der Waals surface area contributed by atoms with Crippen LogP contribution in [0.2, 0.25) is 0 Å². The highest BCUT2D eigenvalue weighted by atomic mass is 79.9. The highest BCUT2D eigenvalue weighted by molar-refractivity contribution is 9.10. The van der Waals surface area contributed by atoms with Crippen LogP contribution in [0.15, 0.2) is 33.6 Å². The van der Waals surface area contributed by atoms with Crippen molar-refractivity contribution in [1.82, 2.24) is 9.97 Å². The Morgan fingerprint density at radius 1 is 1.47 bits per heavy atom. The number of ether oxygens (including phenoxy) is 1. The van der Waals surface area contributed by atoms with Gasteiger partial charge >= 0.3 is 0 Å². The Balaban J connectivity index is 2.09. The molecule has 1 atom stereocenters. The van der Waals surface area contributed by atoms with Crippen molar-refractivity contribution < 1.29 is 9.15 Å². The first-order valence-electron chi connectivity index (χ1n) is 5.05. The number of halogens is 1. The molecule has 0 saturated carbocycles. The van der Waals surface area contributed by atoms with Gasteiger partial charge in [0, 0.05) is 18.2 Å². The van der Waals surface area contributed by atoms with E-state index in [1.165, 1.54) is 6.33 Å². The van der Waals surface area contributed by atoms with Gasteiger partial charge in [0.2, 0.25) is 5.88 Å². The monoisotopic (exact) mass is 297 g/mol. The zero-order chi connectivity index (χ0) is 12.3. The molecule has 0 bridgehead atoms. The van der Waals surface area contributed by atoms with Crippen molar-refractivity contribution in [3.63, 3.8) is 0 Å². The average molecular weight is 298 g/mol. The molecule has 0 aliphatic heterocycles. The standard InChI is InChI=1S/C11H12BrN3O2/c1-16-11-5-7(14-6-15-11)4-8(13)9-2-3-10(12)17-9/h2-3,5-6,8H,4,13H2,1H3. The quantitative estimate of drug-likeness (QED) is 0.935. The van der Waals surface area contributed by atoms with E-state index in [1.807, 2.05) is 12.1 Å². The summed E-state index contributed by atoms with van der Waals surface area (Å²) in [6.45, 7) is 0. The fraction of sp³-hybridized carbons (Fsp3) is 0.273. The first-order valence-corrected chi connectivity index (χ1v) is 5.84. The molecule has 90 valence electrons. The summed E-state index contributed by atoms with van der Waals surface area (Å²) < 4.78 is 11.1. The zero-order valence-corrected chi connectivity index (χ0v) is 10.8. The van der Waals surface area contributed by atoms with Gasteiger partial charge in [-0.2, -0.15) is 0 Å². The van der Waals surface area contributed by atoms with Crippen LogP contribution in [0, 0.1) is 0 Å². The summed E-state index contributed by atoms with van der Waals surface area (Å²) in [5.74, 6) is 1.25. The van der Waals surface area contributed by atoms with Gasteiger partial charge in [0.15, 0.2) is 4.67 Å². The van der Waals surface area contributed by atoms with Crippen LogP contribution in [0.25, 0.3) is 0 Å². The molecule has 2 aromatic rings. The number of nitrogens with zero attached hydrogens (tertiary/aromatic N) is 2. The number of nitrogens with two attached hydrogens (primary N) is 1. The molecule has 2 N–H and O–H groups in total. The van der Waals surface area contributed by atoms with Crippen LogP contribution in [0.4, 0.5) is 0 Å². The van der Waals surface area contributed by atoms with Gasteiger partial charge in [0.25, 0.3) is 0 Å². The smallest absolute Gasteiger partial charge is 0.216 e. The summed E-state index contributed by atoms with van der Waals surface area (Å²) >= 11 is 3.24. The maximum absolute atomic E-state index is 6.02. The van der Waals surface area contributed by atoms with Gasteiger partial charge in [-0.25, -0.2) is 9.97 Å². The first-order chi connectivity index (χ1) is 8.19. The second kappa shape index (κ2) is 5.29. The molecule has 0 aromatic carbocycles. The van der Waals surface area contributed by atoms with Crippen molar-refractivity contribution in [2.24, 2.45) is 5.73 Å². The molecule has 0 spiro atoms. The van der Waals surface area contributed by atoms with Gasteiger partial charge in [-0.05, 0) is 28.1 Å². The van der Waals surface area contributed by atoms with Crippen molar-refractivity contribution >= 4 is 15.9 Å². The highest BCUT2D eigenvalue weighted by Crippen LogP contribution is 2.21. The normalized spacial score (nSPS) is 12.4. The van der Waals surface area contributed by atoms with Crippen molar-refractivity contribution in [2.75, 3.05) is 7.11 Å². The number of hydrogen-bond donors (Lipinski definition) is 1. The lowest BCUT2D eigenvalue weighted by Crippen LogP contribution is -2.13.